The molecule has 0 spiro atoms. The molecular formula is C14H17NO2S. The predicted octanol–water partition coefficient (Wildman–Crippen LogP) is 2.27. The van der Waals surface area contributed by atoms with E-state index in [0.717, 1.165) is 18.6 Å². The maximum absolute atomic E-state index is 12.0. The number of amides is 1. The lowest BCUT2D eigenvalue weighted by atomic mass is 10.0. The van der Waals surface area contributed by atoms with Gasteiger partial charge in [-0.3, -0.25) is 9.59 Å². The number of ketones is 1. The molecule has 1 N–H and O–H groups in total. The summed E-state index contributed by atoms with van der Waals surface area (Å²) in [4.78, 5) is 23.9. The Balaban J connectivity index is 1.88. The molecule has 0 radical (unpaired) electrons. The van der Waals surface area contributed by atoms with Crippen molar-refractivity contribution in [1.29, 1.82) is 0 Å². The first-order valence-electron chi connectivity index (χ1n) is 6.12. The Bertz CT molecular complexity index is 438. The van der Waals surface area contributed by atoms with Gasteiger partial charge in [0.25, 0.3) is 0 Å². The normalized spacial score (nSPS) is 22.7. The summed E-state index contributed by atoms with van der Waals surface area (Å²) >= 11 is 1.68. The number of hydrogen-bond acceptors (Lipinski definition) is 3. The number of Topliss-reactive ketones (excluding diaryl/α,β-unsaturated/α-hetero) is 1. The minimum absolute atomic E-state index is 0.0192. The molecule has 18 heavy (non-hydrogen) atoms. The maximum Gasteiger partial charge on any atom is 0.236 e. The molecule has 0 saturated carbocycles. The summed E-state index contributed by atoms with van der Waals surface area (Å²) in [5, 5.41) is 2.75. The van der Waals surface area contributed by atoms with Crippen LogP contribution in [0.5, 0.6) is 0 Å². The Hall–Kier alpha value is -1.29. The molecule has 1 heterocycles. The molecule has 0 aromatic heterocycles. The van der Waals surface area contributed by atoms with Gasteiger partial charge < -0.3 is 5.32 Å². The molecule has 1 aromatic carbocycles. The van der Waals surface area contributed by atoms with Crippen LogP contribution in [0.2, 0.25) is 0 Å². The molecule has 1 atom stereocenters. The summed E-state index contributed by atoms with van der Waals surface area (Å²) in [6, 6.07) is 9.04. The van der Waals surface area contributed by atoms with Gasteiger partial charge in [-0.15, -0.1) is 11.8 Å². The van der Waals surface area contributed by atoms with Gasteiger partial charge >= 0.3 is 0 Å². The molecule has 1 saturated heterocycles. The average Bonchev–Trinajstić information content (AvgIpc) is 2.85. The summed E-state index contributed by atoms with van der Waals surface area (Å²) < 4.78 is -0.350. The van der Waals surface area contributed by atoms with Crippen molar-refractivity contribution >= 4 is 23.5 Å². The molecule has 3 nitrogen and oxygen atoms in total. The second-order valence-electron chi connectivity index (χ2n) is 4.65. The fourth-order valence-corrected chi connectivity index (χ4v) is 3.26. The third kappa shape index (κ3) is 2.93. The summed E-state index contributed by atoms with van der Waals surface area (Å²) in [7, 11) is 0. The Morgan fingerprint density at radius 2 is 2.06 bits per heavy atom. The summed E-state index contributed by atoms with van der Waals surface area (Å²) in [5.74, 6) is 0.959. The first-order valence-corrected chi connectivity index (χ1v) is 7.11. The van der Waals surface area contributed by atoms with Crippen molar-refractivity contribution in [1.82, 2.24) is 5.32 Å². The summed E-state index contributed by atoms with van der Waals surface area (Å²) in [5.41, 5.74) is 0.641. The van der Waals surface area contributed by atoms with Crippen LogP contribution in [-0.4, -0.2) is 28.7 Å². The predicted molar refractivity (Wildman–Crippen MR) is 73.9 cm³/mol. The largest absolute Gasteiger partial charge is 0.347 e. The molecule has 1 amide bonds. The second-order valence-corrected chi connectivity index (χ2v) is 6.25. The van der Waals surface area contributed by atoms with E-state index in [1.165, 1.54) is 0 Å². The number of carbonyl (C=O) groups is 2. The first-order chi connectivity index (χ1) is 8.62. The molecule has 0 bridgehead atoms. The van der Waals surface area contributed by atoms with E-state index in [-0.39, 0.29) is 23.0 Å². The Morgan fingerprint density at radius 1 is 1.33 bits per heavy atom. The van der Waals surface area contributed by atoms with Crippen LogP contribution in [-0.2, 0) is 4.79 Å². The Morgan fingerprint density at radius 3 is 2.67 bits per heavy atom. The molecule has 1 unspecified atom stereocenters. The number of benzene rings is 1. The van der Waals surface area contributed by atoms with Crippen LogP contribution in [0.3, 0.4) is 0 Å². The fourth-order valence-electron chi connectivity index (χ4n) is 2.03. The maximum atomic E-state index is 12.0. The number of carbonyl (C=O) groups excluding carboxylic acids is 2. The van der Waals surface area contributed by atoms with Crippen LogP contribution in [0.25, 0.3) is 0 Å². The minimum atomic E-state index is -0.350. The quantitative estimate of drug-likeness (QED) is 0.848. The Kier molecular flexibility index (Phi) is 4.07. The van der Waals surface area contributed by atoms with Crippen LogP contribution in [0.4, 0.5) is 0 Å². The zero-order valence-electron chi connectivity index (χ0n) is 10.4. The zero-order chi connectivity index (χ0) is 13.0. The highest BCUT2D eigenvalue weighted by Gasteiger charge is 2.37. The van der Waals surface area contributed by atoms with E-state index in [1.807, 2.05) is 25.1 Å². The van der Waals surface area contributed by atoms with Gasteiger partial charge in [-0.25, -0.2) is 0 Å². The van der Waals surface area contributed by atoms with Crippen LogP contribution in [0.15, 0.2) is 30.3 Å². The van der Waals surface area contributed by atoms with Crippen LogP contribution in [0, 0.1) is 0 Å². The number of thioether (sulfide) groups is 1. The second kappa shape index (κ2) is 5.57. The molecule has 2 rings (SSSR count). The van der Waals surface area contributed by atoms with E-state index in [0.29, 0.717) is 5.56 Å². The highest BCUT2D eigenvalue weighted by atomic mass is 32.2. The van der Waals surface area contributed by atoms with Crippen LogP contribution >= 0.6 is 11.8 Å². The van der Waals surface area contributed by atoms with Gasteiger partial charge in [0.05, 0.1) is 11.3 Å². The topological polar surface area (TPSA) is 46.2 Å². The van der Waals surface area contributed by atoms with Crippen LogP contribution in [0.1, 0.15) is 30.1 Å². The van der Waals surface area contributed by atoms with Gasteiger partial charge in [0.15, 0.2) is 5.78 Å². The lowest BCUT2D eigenvalue weighted by Gasteiger charge is -2.21. The average molecular weight is 263 g/mol. The van der Waals surface area contributed by atoms with Gasteiger partial charge in [0.2, 0.25) is 5.91 Å². The van der Waals surface area contributed by atoms with Crippen molar-refractivity contribution in [2.75, 3.05) is 12.3 Å². The molecular weight excluding hydrogens is 246 g/mol. The fraction of sp³-hybridized carbons (Fsp3) is 0.429. The standard InChI is InChI=1S/C14H17NO2S/c1-14(8-5-9-18-14)13(17)15-10-12(16)11-6-3-2-4-7-11/h2-4,6-7H,5,8-10H2,1H3,(H,15,17). The third-order valence-electron chi connectivity index (χ3n) is 3.20. The first kappa shape index (κ1) is 13.1. The Labute approximate surface area is 111 Å². The van der Waals surface area contributed by atoms with Crippen LogP contribution < -0.4 is 5.32 Å². The molecule has 0 aliphatic carbocycles. The summed E-state index contributed by atoms with van der Waals surface area (Å²) in [6.45, 7) is 2.03. The molecule has 4 heteroatoms. The monoisotopic (exact) mass is 263 g/mol. The van der Waals surface area contributed by atoms with E-state index >= 15 is 0 Å². The lowest BCUT2D eigenvalue weighted by Crippen LogP contribution is -2.42. The minimum Gasteiger partial charge on any atom is -0.347 e. The van der Waals surface area contributed by atoms with Crippen molar-refractivity contribution in [3.63, 3.8) is 0 Å². The molecule has 1 aliphatic rings. The smallest absolute Gasteiger partial charge is 0.236 e. The van der Waals surface area contributed by atoms with E-state index < -0.39 is 0 Å². The molecule has 1 aliphatic heterocycles. The van der Waals surface area contributed by atoms with Gasteiger partial charge in [-0.1, -0.05) is 30.3 Å². The van der Waals surface area contributed by atoms with Crippen molar-refractivity contribution in [2.24, 2.45) is 0 Å². The number of nitrogens with one attached hydrogen (secondary N) is 1. The van der Waals surface area contributed by atoms with Crippen molar-refractivity contribution in [3.8, 4) is 0 Å². The highest BCUT2D eigenvalue weighted by Crippen LogP contribution is 2.37. The molecule has 96 valence electrons. The highest BCUT2D eigenvalue weighted by molar-refractivity contribution is 8.01. The zero-order valence-corrected chi connectivity index (χ0v) is 11.3. The van der Waals surface area contributed by atoms with Crippen molar-refractivity contribution < 1.29 is 9.59 Å². The van der Waals surface area contributed by atoms with Gasteiger partial charge in [-0.05, 0) is 25.5 Å². The number of rotatable bonds is 4. The van der Waals surface area contributed by atoms with Crippen molar-refractivity contribution in [2.45, 2.75) is 24.5 Å². The van der Waals surface area contributed by atoms with Gasteiger partial charge in [0.1, 0.15) is 0 Å². The third-order valence-corrected chi connectivity index (χ3v) is 4.72. The molecule has 1 fully saturated rings. The SMILES string of the molecule is CC1(C(=O)NCC(=O)c2ccccc2)CCCS1. The van der Waals surface area contributed by atoms with Gasteiger partial charge in [-0.2, -0.15) is 0 Å². The molecule has 1 aromatic rings. The van der Waals surface area contributed by atoms with E-state index in [1.54, 1.807) is 23.9 Å². The van der Waals surface area contributed by atoms with E-state index in [4.69, 9.17) is 0 Å². The number of hydrogen-bond donors (Lipinski definition) is 1. The lowest BCUT2D eigenvalue weighted by molar-refractivity contribution is -0.122. The van der Waals surface area contributed by atoms with E-state index in [9.17, 15) is 9.59 Å². The van der Waals surface area contributed by atoms with E-state index in [2.05, 4.69) is 5.32 Å². The summed E-state index contributed by atoms with van der Waals surface area (Å²) in [6.07, 6.45) is 1.96. The van der Waals surface area contributed by atoms with Crippen molar-refractivity contribution in [3.05, 3.63) is 35.9 Å². The van der Waals surface area contributed by atoms with Gasteiger partial charge in [0, 0.05) is 5.56 Å².